The molecule has 3 heterocycles. The van der Waals surface area contributed by atoms with Gasteiger partial charge in [0.15, 0.2) is 4.96 Å². The number of pyridine rings is 1. The maximum Gasteiger partial charge on any atom is 0.409 e. The summed E-state index contributed by atoms with van der Waals surface area (Å²) in [6.45, 7) is 5.67. The predicted molar refractivity (Wildman–Crippen MR) is 103 cm³/mol. The molecule has 1 amide bonds. The van der Waals surface area contributed by atoms with E-state index < -0.39 is 41.1 Å². The zero-order chi connectivity index (χ0) is 21.4. The van der Waals surface area contributed by atoms with Crippen LogP contribution in [0.1, 0.15) is 42.5 Å². The second-order valence-electron chi connectivity index (χ2n) is 7.56. The van der Waals surface area contributed by atoms with Crippen molar-refractivity contribution in [3.8, 4) is 0 Å². The zero-order valence-electron chi connectivity index (χ0n) is 15.9. The molecule has 0 aliphatic carbocycles. The number of hydrogen-bond acceptors (Lipinski definition) is 5. The van der Waals surface area contributed by atoms with Gasteiger partial charge in [0.2, 0.25) is 0 Å². The van der Waals surface area contributed by atoms with Crippen molar-refractivity contribution in [3.05, 3.63) is 63.3 Å². The topological polar surface area (TPSA) is 76.4 Å². The number of alkyl halides is 3. The molecule has 3 aromatic heterocycles. The minimum Gasteiger partial charge on any atom is -0.340 e. The number of fused-ring (bicyclic) bond motifs is 1. The van der Waals surface area contributed by atoms with Crippen LogP contribution in [0.15, 0.2) is 40.8 Å². The maximum atomic E-state index is 13.5. The molecule has 6 nitrogen and oxygen atoms in total. The van der Waals surface area contributed by atoms with E-state index in [9.17, 15) is 22.8 Å². The van der Waals surface area contributed by atoms with Crippen molar-refractivity contribution in [1.82, 2.24) is 19.7 Å². The summed E-state index contributed by atoms with van der Waals surface area (Å²) < 4.78 is 41.7. The Bertz CT molecular complexity index is 1080. The molecule has 0 radical (unpaired) electrons. The fourth-order valence-electron chi connectivity index (χ4n) is 2.78. The highest BCUT2D eigenvalue weighted by atomic mass is 32.1. The van der Waals surface area contributed by atoms with Crippen LogP contribution in [0, 0.1) is 0 Å². The summed E-state index contributed by atoms with van der Waals surface area (Å²) in [7, 11) is 0. The van der Waals surface area contributed by atoms with Crippen LogP contribution in [0.4, 0.5) is 13.2 Å². The van der Waals surface area contributed by atoms with Crippen molar-refractivity contribution < 1.29 is 18.0 Å². The molecule has 10 heteroatoms. The van der Waals surface area contributed by atoms with Crippen molar-refractivity contribution in [2.45, 2.75) is 44.8 Å². The molecule has 0 aliphatic heterocycles. The lowest BCUT2D eigenvalue weighted by atomic mass is 9.93. The van der Waals surface area contributed by atoms with Gasteiger partial charge in [0.1, 0.15) is 11.6 Å². The second kappa shape index (κ2) is 7.58. The highest BCUT2D eigenvalue weighted by Crippen LogP contribution is 2.26. The van der Waals surface area contributed by atoms with Crippen LogP contribution in [0.3, 0.4) is 0 Å². The highest BCUT2D eigenvalue weighted by Gasteiger charge is 2.41. The van der Waals surface area contributed by atoms with Gasteiger partial charge in [-0.15, -0.1) is 11.3 Å². The minimum absolute atomic E-state index is 0.174. The molecule has 0 spiro atoms. The summed E-state index contributed by atoms with van der Waals surface area (Å²) in [6.07, 6.45) is -2.86. The van der Waals surface area contributed by atoms with Gasteiger partial charge in [0.05, 0.1) is 0 Å². The SMILES string of the molecule is CC(C)(C)c1csc2ncc(C(=O)NC(Cc3ccccn3)C(F)(F)F)c(=O)n12. The summed E-state index contributed by atoms with van der Waals surface area (Å²) in [5, 5.41) is 3.68. The van der Waals surface area contributed by atoms with Crippen LogP contribution >= 0.6 is 11.3 Å². The predicted octanol–water partition coefficient (Wildman–Crippen LogP) is 3.35. The second-order valence-corrected chi connectivity index (χ2v) is 8.40. The van der Waals surface area contributed by atoms with E-state index in [2.05, 4.69) is 9.97 Å². The minimum atomic E-state index is -4.71. The van der Waals surface area contributed by atoms with Crippen LogP contribution < -0.4 is 10.9 Å². The van der Waals surface area contributed by atoms with Gasteiger partial charge >= 0.3 is 6.18 Å². The van der Waals surface area contributed by atoms with Crippen LogP contribution in [0.5, 0.6) is 0 Å². The molecule has 3 aromatic rings. The van der Waals surface area contributed by atoms with Crippen molar-refractivity contribution in [2.75, 3.05) is 0 Å². The Morgan fingerprint density at radius 1 is 1.24 bits per heavy atom. The number of carbonyl (C=O) groups is 1. The number of carbonyl (C=O) groups excluding carboxylic acids is 1. The lowest BCUT2D eigenvalue weighted by molar-refractivity contribution is -0.153. The van der Waals surface area contributed by atoms with Gasteiger partial charge in [-0.2, -0.15) is 13.2 Å². The normalized spacial score (nSPS) is 13.4. The monoisotopic (exact) mass is 424 g/mol. The first-order valence-corrected chi connectivity index (χ1v) is 9.63. The van der Waals surface area contributed by atoms with Gasteiger partial charge in [-0.3, -0.25) is 19.0 Å². The molecule has 154 valence electrons. The van der Waals surface area contributed by atoms with Gasteiger partial charge < -0.3 is 5.32 Å². The van der Waals surface area contributed by atoms with E-state index in [0.29, 0.717) is 10.7 Å². The first-order chi connectivity index (χ1) is 13.5. The molecule has 0 saturated heterocycles. The molecular weight excluding hydrogens is 405 g/mol. The average Bonchev–Trinajstić information content (AvgIpc) is 3.07. The summed E-state index contributed by atoms with van der Waals surface area (Å²) in [6, 6.07) is 2.40. The van der Waals surface area contributed by atoms with Gasteiger partial charge in [0, 0.05) is 41.0 Å². The highest BCUT2D eigenvalue weighted by molar-refractivity contribution is 7.15. The Balaban J connectivity index is 1.95. The van der Waals surface area contributed by atoms with Gasteiger partial charge in [0.25, 0.3) is 11.5 Å². The molecule has 1 N–H and O–H groups in total. The van der Waals surface area contributed by atoms with Crippen LogP contribution in [0.25, 0.3) is 4.96 Å². The molecule has 1 atom stereocenters. The summed E-state index contributed by atoms with van der Waals surface area (Å²) in [5.41, 5.74) is -0.746. The van der Waals surface area contributed by atoms with Crippen LogP contribution in [-0.4, -0.2) is 32.5 Å². The lowest BCUT2D eigenvalue weighted by Gasteiger charge is -2.21. The van der Waals surface area contributed by atoms with E-state index in [1.807, 2.05) is 26.1 Å². The third-order valence-electron chi connectivity index (χ3n) is 4.30. The number of amides is 1. The quantitative estimate of drug-likeness (QED) is 0.697. The standard InChI is InChI=1S/C19H19F3N4O2S/c1-18(2,3)14-10-29-17-24-9-12(16(28)26(14)17)15(27)25-13(19(20,21)22)8-11-6-4-5-7-23-11/h4-7,9-10,13H,8H2,1-3H3,(H,25,27). The zero-order valence-corrected chi connectivity index (χ0v) is 16.8. The number of nitrogens with one attached hydrogen (secondary N) is 1. The average molecular weight is 424 g/mol. The number of hydrogen-bond donors (Lipinski definition) is 1. The summed E-state index contributed by atoms with van der Waals surface area (Å²) in [4.78, 5) is 33.7. The van der Waals surface area contributed by atoms with E-state index in [0.717, 1.165) is 6.20 Å². The molecule has 0 aliphatic rings. The van der Waals surface area contributed by atoms with E-state index in [-0.39, 0.29) is 5.69 Å². The Morgan fingerprint density at radius 2 is 1.97 bits per heavy atom. The third kappa shape index (κ3) is 4.47. The maximum absolute atomic E-state index is 13.5. The lowest BCUT2D eigenvalue weighted by Crippen LogP contribution is -2.48. The van der Waals surface area contributed by atoms with Gasteiger partial charge in [-0.25, -0.2) is 4.98 Å². The Morgan fingerprint density at radius 3 is 2.55 bits per heavy atom. The number of halogens is 3. The smallest absolute Gasteiger partial charge is 0.340 e. The molecule has 0 aromatic carbocycles. The first-order valence-electron chi connectivity index (χ1n) is 8.75. The molecule has 3 rings (SSSR count). The van der Waals surface area contributed by atoms with E-state index in [4.69, 9.17) is 0 Å². The number of nitrogens with zero attached hydrogens (tertiary/aromatic N) is 3. The van der Waals surface area contributed by atoms with Gasteiger partial charge in [-0.1, -0.05) is 26.8 Å². The van der Waals surface area contributed by atoms with Crippen molar-refractivity contribution >= 4 is 22.2 Å². The number of thiazole rings is 1. The van der Waals surface area contributed by atoms with Gasteiger partial charge in [-0.05, 0) is 12.1 Å². The Kier molecular flexibility index (Phi) is 5.48. The van der Waals surface area contributed by atoms with Crippen LogP contribution in [0.2, 0.25) is 0 Å². The van der Waals surface area contributed by atoms with E-state index in [1.165, 1.54) is 28.0 Å². The molecule has 0 bridgehead atoms. The summed E-state index contributed by atoms with van der Waals surface area (Å²) in [5.74, 6) is -1.12. The molecule has 0 fully saturated rings. The van der Waals surface area contributed by atoms with Crippen molar-refractivity contribution in [1.29, 1.82) is 0 Å². The first kappa shape index (κ1) is 21.0. The van der Waals surface area contributed by atoms with Crippen molar-refractivity contribution in [2.24, 2.45) is 0 Å². The molecule has 1 unspecified atom stereocenters. The molecule has 0 saturated carbocycles. The summed E-state index contributed by atoms with van der Waals surface area (Å²) >= 11 is 1.23. The third-order valence-corrected chi connectivity index (χ3v) is 5.14. The van der Waals surface area contributed by atoms with E-state index in [1.54, 1.807) is 17.5 Å². The number of rotatable bonds is 4. The number of aromatic nitrogens is 3. The Labute approximate surface area is 168 Å². The van der Waals surface area contributed by atoms with Crippen molar-refractivity contribution in [3.63, 3.8) is 0 Å². The fraction of sp³-hybridized carbons (Fsp3) is 0.368. The largest absolute Gasteiger partial charge is 0.409 e. The molecular formula is C19H19F3N4O2S. The fourth-order valence-corrected chi connectivity index (χ4v) is 3.85. The van der Waals surface area contributed by atoms with Crippen LogP contribution in [-0.2, 0) is 11.8 Å². The molecule has 29 heavy (non-hydrogen) atoms. The van der Waals surface area contributed by atoms with E-state index >= 15 is 0 Å². The Hall–Kier alpha value is -2.75.